The summed E-state index contributed by atoms with van der Waals surface area (Å²) in [5.74, 6) is -2.96. The zero-order valence-corrected chi connectivity index (χ0v) is 22.5. The summed E-state index contributed by atoms with van der Waals surface area (Å²) in [5.41, 5.74) is 0.928. The van der Waals surface area contributed by atoms with Crippen LogP contribution in [0.2, 0.25) is 15.1 Å². The van der Waals surface area contributed by atoms with E-state index in [1.807, 2.05) is 0 Å². The molecule has 3 aromatic rings. The van der Waals surface area contributed by atoms with Crippen molar-refractivity contribution in [3.63, 3.8) is 0 Å². The van der Waals surface area contributed by atoms with Crippen LogP contribution in [0.4, 0.5) is 5.69 Å². The second-order valence-electron chi connectivity index (χ2n) is 8.10. The Morgan fingerprint density at radius 3 is 2.44 bits per heavy atom. The number of aromatic nitrogens is 1. The van der Waals surface area contributed by atoms with Crippen LogP contribution in [0.3, 0.4) is 0 Å². The van der Waals surface area contributed by atoms with Crippen LogP contribution < -0.4 is 9.77 Å². The molecule has 36 heavy (non-hydrogen) atoms. The van der Waals surface area contributed by atoms with Crippen LogP contribution in [-0.2, 0) is 25.7 Å². The van der Waals surface area contributed by atoms with E-state index < -0.39 is 39.7 Å². The molecular weight excluding hydrogens is 567 g/mol. The number of carbonyl (C=O) groups is 3. The predicted molar refractivity (Wildman–Crippen MR) is 141 cm³/mol. The number of hydrogen-bond acceptors (Lipinski definition) is 7. The Labute approximate surface area is 228 Å². The van der Waals surface area contributed by atoms with Crippen LogP contribution in [-0.4, -0.2) is 34.2 Å². The Morgan fingerprint density at radius 2 is 1.75 bits per heavy atom. The Morgan fingerprint density at radius 1 is 1.03 bits per heavy atom. The van der Waals surface area contributed by atoms with Gasteiger partial charge in [-0.25, -0.2) is 4.90 Å². The molecule has 1 aromatic heterocycles. The standard InChI is InChI=1S/C24H17Cl3N2O5S2/c1-2-34-15(30)10-28-23-20(36-24(28)33)16(13-4-3-5-14(26)18(13)27)17-19(35-23)22(32)29(21(17)31)12-8-6-11(25)7-9-12/h3-9,16-17,19H,2,10H2,1H3/t16-,17?,19?/m1/s1. The van der Waals surface area contributed by atoms with Crippen molar-refractivity contribution in [2.75, 3.05) is 11.5 Å². The molecule has 0 radical (unpaired) electrons. The molecule has 5 rings (SSSR count). The minimum absolute atomic E-state index is 0.168. The van der Waals surface area contributed by atoms with E-state index in [1.165, 1.54) is 4.57 Å². The highest BCUT2D eigenvalue weighted by Gasteiger charge is 2.57. The molecule has 3 atom stereocenters. The number of ether oxygens (including phenoxy) is 1. The minimum Gasteiger partial charge on any atom is -0.465 e. The summed E-state index contributed by atoms with van der Waals surface area (Å²) in [7, 11) is 0. The molecule has 2 aromatic carbocycles. The lowest BCUT2D eigenvalue weighted by atomic mass is 9.83. The van der Waals surface area contributed by atoms with Crippen LogP contribution in [0.15, 0.2) is 52.3 Å². The average molecular weight is 584 g/mol. The molecular formula is C24H17Cl3N2O5S2. The van der Waals surface area contributed by atoms with Gasteiger partial charge >= 0.3 is 10.8 Å². The topological polar surface area (TPSA) is 85.7 Å². The smallest absolute Gasteiger partial charge is 0.326 e. The molecule has 3 heterocycles. The molecule has 1 fully saturated rings. The zero-order chi connectivity index (χ0) is 25.7. The Balaban J connectivity index is 1.68. The zero-order valence-electron chi connectivity index (χ0n) is 18.6. The number of rotatable bonds is 5. The van der Waals surface area contributed by atoms with Gasteiger partial charge in [-0.3, -0.25) is 23.7 Å². The second-order valence-corrected chi connectivity index (χ2v) is 11.4. The number of anilines is 1. The van der Waals surface area contributed by atoms with Gasteiger partial charge in [-0.15, -0.1) is 0 Å². The first-order chi connectivity index (χ1) is 17.2. The van der Waals surface area contributed by atoms with Gasteiger partial charge in [0.2, 0.25) is 11.8 Å². The predicted octanol–water partition coefficient (Wildman–Crippen LogP) is 5.23. The monoisotopic (exact) mass is 582 g/mol. The lowest BCUT2D eigenvalue weighted by Gasteiger charge is -2.31. The van der Waals surface area contributed by atoms with Crippen molar-refractivity contribution >= 4 is 81.4 Å². The van der Waals surface area contributed by atoms with Crippen LogP contribution in [0, 0.1) is 5.92 Å². The van der Waals surface area contributed by atoms with Crippen molar-refractivity contribution in [3.8, 4) is 0 Å². The van der Waals surface area contributed by atoms with Gasteiger partial charge in [0.05, 0.1) is 33.3 Å². The fourth-order valence-electron chi connectivity index (χ4n) is 4.53. The fraction of sp³-hybridized carbons (Fsp3) is 0.250. The summed E-state index contributed by atoms with van der Waals surface area (Å²) >= 11 is 20.9. The summed E-state index contributed by atoms with van der Waals surface area (Å²) in [6, 6.07) is 11.5. The Hall–Kier alpha value is -2.30. The molecule has 0 spiro atoms. The third-order valence-electron chi connectivity index (χ3n) is 6.04. The molecule has 0 saturated carbocycles. The summed E-state index contributed by atoms with van der Waals surface area (Å²) in [5, 5.41) is 0.597. The van der Waals surface area contributed by atoms with Gasteiger partial charge < -0.3 is 4.74 Å². The first kappa shape index (κ1) is 25.4. The third kappa shape index (κ3) is 4.16. The number of thioether (sulfide) groups is 1. The normalized spacial score (nSPS) is 20.9. The highest BCUT2D eigenvalue weighted by molar-refractivity contribution is 8.00. The number of esters is 1. The molecule has 12 heteroatoms. The maximum atomic E-state index is 13.8. The first-order valence-corrected chi connectivity index (χ1v) is 13.7. The van der Waals surface area contributed by atoms with Crippen molar-refractivity contribution < 1.29 is 19.1 Å². The number of imide groups is 1. The van der Waals surface area contributed by atoms with E-state index >= 15 is 0 Å². The summed E-state index contributed by atoms with van der Waals surface area (Å²) in [4.78, 5) is 54.0. The maximum absolute atomic E-state index is 13.8. The lowest BCUT2D eigenvalue weighted by molar-refractivity contribution is -0.144. The van der Waals surface area contributed by atoms with Crippen LogP contribution >= 0.6 is 57.9 Å². The van der Waals surface area contributed by atoms with E-state index in [-0.39, 0.29) is 23.2 Å². The van der Waals surface area contributed by atoms with Gasteiger partial charge in [0, 0.05) is 15.8 Å². The largest absolute Gasteiger partial charge is 0.465 e. The first-order valence-electron chi connectivity index (χ1n) is 10.9. The number of hydrogen-bond donors (Lipinski definition) is 0. The Kier molecular flexibility index (Phi) is 6.95. The van der Waals surface area contributed by atoms with Gasteiger partial charge in [0.1, 0.15) is 11.8 Å². The number of benzene rings is 2. The molecule has 2 unspecified atom stereocenters. The Bertz CT molecular complexity index is 1450. The van der Waals surface area contributed by atoms with E-state index in [1.54, 1.807) is 49.4 Å². The van der Waals surface area contributed by atoms with E-state index in [0.717, 1.165) is 28.0 Å². The molecule has 2 amide bonds. The SMILES string of the molecule is CCOC(=O)Cn1c2c(sc1=O)[C@H](c1cccc(Cl)c1Cl)C1C(=O)N(c3ccc(Cl)cc3)C(=O)C1S2. The van der Waals surface area contributed by atoms with Crippen LogP contribution in [0.25, 0.3) is 0 Å². The van der Waals surface area contributed by atoms with Crippen molar-refractivity contribution in [2.45, 2.75) is 29.7 Å². The van der Waals surface area contributed by atoms with Gasteiger partial charge in [-0.1, -0.05) is 70.0 Å². The molecule has 186 valence electrons. The molecule has 2 aliphatic rings. The number of amides is 2. The highest BCUT2D eigenvalue weighted by atomic mass is 35.5. The van der Waals surface area contributed by atoms with Gasteiger partial charge in [-0.2, -0.15) is 0 Å². The molecule has 7 nitrogen and oxygen atoms in total. The van der Waals surface area contributed by atoms with E-state index in [4.69, 9.17) is 39.5 Å². The van der Waals surface area contributed by atoms with Crippen molar-refractivity contribution in [2.24, 2.45) is 5.92 Å². The summed E-state index contributed by atoms with van der Waals surface area (Å²) < 4.78 is 6.33. The minimum atomic E-state index is -0.844. The van der Waals surface area contributed by atoms with Crippen molar-refractivity contribution in [1.29, 1.82) is 0 Å². The van der Waals surface area contributed by atoms with Crippen molar-refractivity contribution in [3.05, 3.63) is 77.6 Å². The molecule has 0 bridgehead atoms. The number of thiazole rings is 1. The summed E-state index contributed by atoms with van der Waals surface area (Å²) in [6.45, 7) is 1.54. The van der Waals surface area contributed by atoms with Crippen LogP contribution in [0.5, 0.6) is 0 Å². The van der Waals surface area contributed by atoms with Crippen LogP contribution in [0.1, 0.15) is 23.3 Å². The van der Waals surface area contributed by atoms with Gasteiger partial charge in [-0.05, 0) is 42.8 Å². The number of carbonyl (C=O) groups excluding carboxylic acids is 3. The molecule has 2 aliphatic heterocycles. The highest BCUT2D eigenvalue weighted by Crippen LogP contribution is 2.55. The summed E-state index contributed by atoms with van der Waals surface area (Å²) in [6.07, 6.45) is 0. The lowest BCUT2D eigenvalue weighted by Crippen LogP contribution is -2.33. The van der Waals surface area contributed by atoms with E-state index in [2.05, 4.69) is 0 Å². The molecule has 1 saturated heterocycles. The van der Waals surface area contributed by atoms with Gasteiger partial charge in [0.25, 0.3) is 0 Å². The fourth-order valence-corrected chi connectivity index (χ4v) is 7.85. The average Bonchev–Trinajstić information content (AvgIpc) is 3.28. The number of fused-ring (bicyclic) bond motifs is 2. The second kappa shape index (κ2) is 9.87. The van der Waals surface area contributed by atoms with E-state index in [9.17, 15) is 19.2 Å². The number of halogens is 3. The van der Waals surface area contributed by atoms with E-state index in [0.29, 0.717) is 26.2 Å². The van der Waals surface area contributed by atoms with Crippen molar-refractivity contribution in [1.82, 2.24) is 4.57 Å². The molecule has 0 aliphatic carbocycles. The third-order valence-corrected chi connectivity index (χ3v) is 9.73. The molecule has 0 N–H and O–H groups in total. The number of nitrogens with zero attached hydrogens (tertiary/aromatic N) is 2. The maximum Gasteiger partial charge on any atom is 0.326 e. The van der Waals surface area contributed by atoms with Gasteiger partial charge in [0.15, 0.2) is 0 Å². The quantitative estimate of drug-likeness (QED) is 0.302.